The summed E-state index contributed by atoms with van der Waals surface area (Å²) in [5.74, 6) is -0.403. The molecule has 126 valence electrons. The molecule has 0 saturated heterocycles. The lowest BCUT2D eigenvalue weighted by atomic mass is 9.44. The average molecular weight is 321 g/mol. The number of nitrogens with zero attached hydrogens (tertiary/aromatic N) is 2. The first kappa shape index (κ1) is 15.8. The molecule has 0 aromatic carbocycles. The Morgan fingerprint density at radius 3 is 2.57 bits per heavy atom. The topological polar surface area (TPSA) is 82.5 Å². The number of nitrogens with one attached hydrogen (secondary N) is 1. The number of aromatic nitrogens is 2. The largest absolute Gasteiger partial charge is 0.461 e. The lowest BCUT2D eigenvalue weighted by molar-refractivity contribution is -0.136. The maximum atomic E-state index is 11.9. The number of imidazole rings is 1. The summed E-state index contributed by atoms with van der Waals surface area (Å²) in [6.45, 7) is 7.64. The van der Waals surface area contributed by atoms with Crippen molar-refractivity contribution in [2.24, 2.45) is 0 Å². The van der Waals surface area contributed by atoms with Crippen LogP contribution in [0.1, 0.15) is 57.4 Å². The second kappa shape index (κ2) is 4.97. The van der Waals surface area contributed by atoms with Crippen LogP contribution in [-0.2, 0) is 15.0 Å². The summed E-state index contributed by atoms with van der Waals surface area (Å²) in [6, 6.07) is 0. The van der Waals surface area contributed by atoms with E-state index in [1.165, 1.54) is 0 Å². The highest BCUT2D eigenvalue weighted by Gasteiger charge is 2.70. The monoisotopic (exact) mass is 321 g/mol. The number of hydrogen-bond donors (Lipinski definition) is 1. The first-order valence-electron chi connectivity index (χ1n) is 7.90. The van der Waals surface area contributed by atoms with Gasteiger partial charge < -0.3 is 19.4 Å². The maximum Gasteiger partial charge on any atom is 0.408 e. The van der Waals surface area contributed by atoms with Crippen LogP contribution in [0.2, 0.25) is 0 Å². The number of carbonyl (C=O) groups is 2. The highest BCUT2D eigenvalue weighted by molar-refractivity contribution is 5.86. The van der Waals surface area contributed by atoms with E-state index in [4.69, 9.17) is 9.47 Å². The molecule has 3 fully saturated rings. The fraction of sp³-hybridized carbons (Fsp3) is 0.688. The molecule has 1 aromatic rings. The van der Waals surface area contributed by atoms with Gasteiger partial charge in [-0.1, -0.05) is 0 Å². The van der Waals surface area contributed by atoms with Gasteiger partial charge in [0.2, 0.25) is 0 Å². The standard InChI is InChI=1S/C16H23N3O4/c1-5-22-12(20)11-6-19(10-17-11)16-7-15(8-16,9-16)18-13(21)23-14(2,3)4/h6,10H,5,7-9H2,1-4H3,(H,18,21). The number of alkyl carbamates (subject to hydrolysis) is 1. The van der Waals surface area contributed by atoms with E-state index in [1.54, 1.807) is 19.4 Å². The molecule has 1 amide bonds. The normalized spacial score (nSPS) is 28.3. The minimum absolute atomic E-state index is 0.0350. The van der Waals surface area contributed by atoms with Gasteiger partial charge in [0.15, 0.2) is 5.69 Å². The van der Waals surface area contributed by atoms with Gasteiger partial charge in [0.1, 0.15) is 5.60 Å². The summed E-state index contributed by atoms with van der Waals surface area (Å²) in [6.07, 6.45) is 5.52. The molecule has 1 aromatic heterocycles. The molecule has 3 aliphatic rings. The third-order valence-electron chi connectivity index (χ3n) is 4.38. The summed E-state index contributed by atoms with van der Waals surface area (Å²) in [7, 11) is 0. The number of esters is 1. The van der Waals surface area contributed by atoms with Crippen LogP contribution in [0.25, 0.3) is 0 Å². The van der Waals surface area contributed by atoms with Gasteiger partial charge in [0.05, 0.1) is 24.0 Å². The second-order valence-electron chi connectivity index (χ2n) is 7.55. The van der Waals surface area contributed by atoms with E-state index in [9.17, 15) is 9.59 Å². The van der Waals surface area contributed by atoms with Gasteiger partial charge in [-0.15, -0.1) is 0 Å². The number of amides is 1. The van der Waals surface area contributed by atoms with Crippen molar-refractivity contribution in [3.63, 3.8) is 0 Å². The van der Waals surface area contributed by atoms with Crippen LogP contribution in [0.5, 0.6) is 0 Å². The smallest absolute Gasteiger partial charge is 0.408 e. The zero-order valence-electron chi connectivity index (χ0n) is 14.0. The van der Waals surface area contributed by atoms with E-state index in [0.29, 0.717) is 12.3 Å². The molecule has 1 heterocycles. The third-order valence-corrected chi connectivity index (χ3v) is 4.38. The van der Waals surface area contributed by atoms with Gasteiger partial charge in [-0.2, -0.15) is 0 Å². The van der Waals surface area contributed by atoms with Crippen molar-refractivity contribution >= 4 is 12.1 Å². The Morgan fingerprint density at radius 2 is 2.00 bits per heavy atom. The van der Waals surface area contributed by atoms with Crippen LogP contribution in [0, 0.1) is 0 Å². The minimum atomic E-state index is -0.496. The molecular weight excluding hydrogens is 298 g/mol. The van der Waals surface area contributed by atoms with Gasteiger partial charge >= 0.3 is 12.1 Å². The molecule has 0 unspecified atom stereocenters. The van der Waals surface area contributed by atoms with E-state index < -0.39 is 11.6 Å². The van der Waals surface area contributed by atoms with Gasteiger partial charge in [-0.3, -0.25) is 0 Å². The van der Waals surface area contributed by atoms with Crippen LogP contribution >= 0.6 is 0 Å². The van der Waals surface area contributed by atoms with Crippen LogP contribution in [-0.4, -0.2) is 39.4 Å². The van der Waals surface area contributed by atoms with Crippen molar-refractivity contribution in [2.75, 3.05) is 6.61 Å². The molecular formula is C16H23N3O4. The molecule has 2 bridgehead atoms. The fourth-order valence-corrected chi connectivity index (χ4v) is 3.55. The molecule has 0 spiro atoms. The Hall–Kier alpha value is -2.05. The molecule has 3 saturated carbocycles. The van der Waals surface area contributed by atoms with Crippen molar-refractivity contribution in [3.05, 3.63) is 18.2 Å². The van der Waals surface area contributed by atoms with Crippen molar-refractivity contribution in [2.45, 2.75) is 63.6 Å². The van der Waals surface area contributed by atoms with Gasteiger partial charge in [-0.25, -0.2) is 14.6 Å². The predicted octanol–water partition coefficient (Wildman–Crippen LogP) is 2.22. The molecule has 7 nitrogen and oxygen atoms in total. The van der Waals surface area contributed by atoms with E-state index in [1.807, 2.05) is 25.3 Å². The Morgan fingerprint density at radius 1 is 1.35 bits per heavy atom. The molecule has 3 aliphatic carbocycles. The molecule has 7 heteroatoms. The zero-order valence-corrected chi connectivity index (χ0v) is 14.0. The zero-order chi connectivity index (χ0) is 16.9. The Labute approximate surface area is 135 Å². The fourth-order valence-electron chi connectivity index (χ4n) is 3.55. The molecule has 0 atom stereocenters. The van der Waals surface area contributed by atoms with Crippen molar-refractivity contribution in [3.8, 4) is 0 Å². The highest BCUT2D eigenvalue weighted by Crippen LogP contribution is 2.65. The second-order valence-corrected chi connectivity index (χ2v) is 7.55. The van der Waals surface area contributed by atoms with E-state index in [0.717, 1.165) is 19.3 Å². The first-order valence-corrected chi connectivity index (χ1v) is 7.90. The summed E-state index contributed by atoms with van der Waals surface area (Å²) in [5.41, 5.74) is -0.376. The number of rotatable bonds is 4. The molecule has 4 rings (SSSR count). The summed E-state index contributed by atoms with van der Waals surface area (Å²) in [4.78, 5) is 27.7. The summed E-state index contributed by atoms with van der Waals surface area (Å²) >= 11 is 0. The highest BCUT2D eigenvalue weighted by atomic mass is 16.6. The summed E-state index contributed by atoms with van der Waals surface area (Å²) in [5, 5.41) is 2.97. The Balaban J connectivity index is 1.57. The average Bonchev–Trinajstić information content (AvgIpc) is 2.79. The molecule has 1 N–H and O–H groups in total. The van der Waals surface area contributed by atoms with Crippen molar-refractivity contribution in [1.29, 1.82) is 0 Å². The number of ether oxygens (including phenoxy) is 2. The minimum Gasteiger partial charge on any atom is -0.461 e. The van der Waals surface area contributed by atoms with Gasteiger partial charge in [0, 0.05) is 6.20 Å². The maximum absolute atomic E-state index is 11.9. The Bertz CT molecular complexity index is 624. The quantitative estimate of drug-likeness (QED) is 0.860. The lowest BCUT2D eigenvalue weighted by Gasteiger charge is -2.70. The van der Waals surface area contributed by atoms with Crippen LogP contribution in [0.3, 0.4) is 0 Å². The third kappa shape index (κ3) is 2.80. The first-order chi connectivity index (χ1) is 10.7. The number of carbonyl (C=O) groups excluding carboxylic acids is 2. The SMILES string of the molecule is CCOC(=O)c1cn(C23CC(NC(=O)OC(C)(C)C)(C2)C3)cn1. The van der Waals surface area contributed by atoms with Gasteiger partial charge in [-0.05, 0) is 47.0 Å². The summed E-state index contributed by atoms with van der Waals surface area (Å²) < 4.78 is 12.2. The molecule has 23 heavy (non-hydrogen) atoms. The van der Waals surface area contributed by atoms with Crippen LogP contribution in [0.4, 0.5) is 4.79 Å². The predicted molar refractivity (Wildman–Crippen MR) is 82.1 cm³/mol. The Kier molecular flexibility index (Phi) is 3.42. The van der Waals surface area contributed by atoms with Crippen LogP contribution < -0.4 is 5.32 Å². The van der Waals surface area contributed by atoms with Crippen molar-refractivity contribution < 1.29 is 19.1 Å². The molecule has 0 aliphatic heterocycles. The van der Waals surface area contributed by atoms with E-state index >= 15 is 0 Å². The van der Waals surface area contributed by atoms with Crippen LogP contribution in [0.15, 0.2) is 12.5 Å². The van der Waals surface area contributed by atoms with Crippen molar-refractivity contribution in [1.82, 2.24) is 14.9 Å². The molecule has 0 radical (unpaired) electrons. The van der Waals surface area contributed by atoms with E-state index in [-0.39, 0.29) is 17.2 Å². The lowest BCUT2D eigenvalue weighted by Crippen LogP contribution is -2.78. The van der Waals surface area contributed by atoms with Gasteiger partial charge in [0.25, 0.3) is 0 Å². The number of hydrogen-bond acceptors (Lipinski definition) is 5. The van der Waals surface area contributed by atoms with E-state index in [2.05, 4.69) is 10.3 Å².